The van der Waals surface area contributed by atoms with Crippen LogP contribution in [0.5, 0.6) is 5.75 Å². The van der Waals surface area contributed by atoms with Crippen LogP contribution in [0.1, 0.15) is 15.9 Å². The Balaban J connectivity index is 2.45. The Hall–Kier alpha value is -1.58. The first-order chi connectivity index (χ1) is 8.61. The summed E-state index contributed by atoms with van der Waals surface area (Å²) in [6.45, 7) is 0. The molecule has 3 nitrogen and oxygen atoms in total. The zero-order chi connectivity index (χ0) is 13.1. The lowest BCUT2D eigenvalue weighted by molar-refractivity contribution is 0.103. The fourth-order valence-electron chi connectivity index (χ4n) is 1.52. The number of aromatic nitrogens is 1. The zero-order valence-corrected chi connectivity index (χ0v) is 11.0. The van der Waals surface area contributed by atoms with Crippen LogP contribution in [0, 0.1) is 0 Å². The highest BCUT2D eigenvalue weighted by molar-refractivity contribution is 6.31. The molecule has 0 unspecified atom stereocenters. The molecule has 0 bridgehead atoms. The second-order valence-corrected chi connectivity index (χ2v) is 4.37. The molecular formula is C13H9Cl2NO2. The van der Waals surface area contributed by atoms with Crippen LogP contribution in [0.4, 0.5) is 0 Å². The van der Waals surface area contributed by atoms with E-state index in [9.17, 15) is 4.79 Å². The molecule has 2 rings (SSSR count). The van der Waals surface area contributed by atoms with E-state index in [1.54, 1.807) is 30.3 Å². The lowest BCUT2D eigenvalue weighted by Crippen LogP contribution is -2.04. The number of carbonyl (C=O) groups is 1. The normalized spacial score (nSPS) is 10.2. The molecule has 0 radical (unpaired) electrons. The molecule has 1 aromatic carbocycles. The highest BCUT2D eigenvalue weighted by atomic mass is 35.5. The predicted octanol–water partition coefficient (Wildman–Crippen LogP) is 3.63. The summed E-state index contributed by atoms with van der Waals surface area (Å²) in [4.78, 5) is 16.1. The molecule has 0 saturated heterocycles. The van der Waals surface area contributed by atoms with Crippen LogP contribution in [-0.2, 0) is 0 Å². The molecule has 0 atom stereocenters. The Bertz CT molecular complexity index is 582. The Morgan fingerprint density at radius 1 is 1.22 bits per heavy atom. The summed E-state index contributed by atoms with van der Waals surface area (Å²) in [5, 5.41) is 0.811. The summed E-state index contributed by atoms with van der Waals surface area (Å²) >= 11 is 11.6. The number of nitrogens with zero attached hydrogens (tertiary/aromatic N) is 1. The topological polar surface area (TPSA) is 39.2 Å². The van der Waals surface area contributed by atoms with Gasteiger partial charge in [0.15, 0.2) is 5.78 Å². The van der Waals surface area contributed by atoms with E-state index in [-0.39, 0.29) is 5.78 Å². The highest BCUT2D eigenvalue weighted by Crippen LogP contribution is 2.25. The van der Waals surface area contributed by atoms with Crippen molar-refractivity contribution in [2.45, 2.75) is 0 Å². The monoisotopic (exact) mass is 281 g/mol. The summed E-state index contributed by atoms with van der Waals surface area (Å²) in [6.07, 6.45) is 1.42. The minimum Gasteiger partial charge on any atom is -0.496 e. The minimum absolute atomic E-state index is 0.210. The largest absolute Gasteiger partial charge is 0.496 e. The van der Waals surface area contributed by atoms with Crippen LogP contribution in [0.25, 0.3) is 0 Å². The number of pyridine rings is 1. The Kier molecular flexibility index (Phi) is 3.84. The van der Waals surface area contributed by atoms with E-state index in [2.05, 4.69) is 4.98 Å². The predicted molar refractivity (Wildman–Crippen MR) is 70.7 cm³/mol. The average molecular weight is 282 g/mol. The molecule has 0 fully saturated rings. The zero-order valence-electron chi connectivity index (χ0n) is 9.48. The third-order valence-corrected chi connectivity index (χ3v) is 2.85. The lowest BCUT2D eigenvalue weighted by atomic mass is 10.0. The van der Waals surface area contributed by atoms with Gasteiger partial charge in [0.05, 0.1) is 12.7 Å². The molecule has 0 amide bonds. The Labute approximate surface area is 114 Å². The van der Waals surface area contributed by atoms with Crippen LogP contribution in [0.3, 0.4) is 0 Å². The van der Waals surface area contributed by atoms with Crippen molar-refractivity contribution >= 4 is 29.0 Å². The summed E-state index contributed by atoms with van der Waals surface area (Å²) in [7, 11) is 1.50. The number of rotatable bonds is 3. The van der Waals surface area contributed by atoms with Gasteiger partial charge in [-0.3, -0.25) is 4.79 Å². The van der Waals surface area contributed by atoms with Gasteiger partial charge in [-0.25, -0.2) is 4.98 Å². The number of ketones is 1. The summed E-state index contributed by atoms with van der Waals surface area (Å²) in [5.41, 5.74) is 0.828. The molecule has 92 valence electrons. The van der Waals surface area contributed by atoms with Gasteiger partial charge in [0.25, 0.3) is 0 Å². The molecule has 0 aliphatic rings. The number of halogens is 2. The van der Waals surface area contributed by atoms with Crippen molar-refractivity contribution in [2.24, 2.45) is 0 Å². The van der Waals surface area contributed by atoms with Crippen molar-refractivity contribution in [3.05, 3.63) is 57.8 Å². The number of benzene rings is 1. The lowest BCUT2D eigenvalue weighted by Gasteiger charge is -2.07. The number of ether oxygens (including phenoxy) is 1. The second-order valence-electron chi connectivity index (χ2n) is 3.54. The Morgan fingerprint density at radius 2 is 2.00 bits per heavy atom. The van der Waals surface area contributed by atoms with Crippen molar-refractivity contribution < 1.29 is 9.53 Å². The van der Waals surface area contributed by atoms with E-state index in [4.69, 9.17) is 27.9 Å². The van der Waals surface area contributed by atoms with Crippen molar-refractivity contribution in [3.63, 3.8) is 0 Å². The maximum absolute atomic E-state index is 12.3. The maximum Gasteiger partial charge on any atom is 0.198 e. The van der Waals surface area contributed by atoms with Gasteiger partial charge in [0.1, 0.15) is 10.9 Å². The quantitative estimate of drug-likeness (QED) is 0.637. The van der Waals surface area contributed by atoms with Gasteiger partial charge in [-0.2, -0.15) is 0 Å². The van der Waals surface area contributed by atoms with Gasteiger partial charge >= 0.3 is 0 Å². The van der Waals surface area contributed by atoms with Crippen LogP contribution >= 0.6 is 23.2 Å². The van der Waals surface area contributed by atoms with Gasteiger partial charge in [0, 0.05) is 16.8 Å². The first kappa shape index (κ1) is 12.9. The number of hydrogen-bond donors (Lipinski definition) is 0. The van der Waals surface area contributed by atoms with Gasteiger partial charge in [-0.15, -0.1) is 0 Å². The molecule has 5 heteroatoms. The van der Waals surface area contributed by atoms with Crippen LogP contribution in [-0.4, -0.2) is 17.9 Å². The van der Waals surface area contributed by atoms with Crippen molar-refractivity contribution in [1.82, 2.24) is 4.98 Å². The first-order valence-corrected chi connectivity index (χ1v) is 5.87. The van der Waals surface area contributed by atoms with Crippen molar-refractivity contribution in [2.75, 3.05) is 7.11 Å². The number of hydrogen-bond acceptors (Lipinski definition) is 3. The summed E-state index contributed by atoms with van der Waals surface area (Å²) in [6, 6.07) is 8.05. The molecule has 0 aliphatic carbocycles. The second kappa shape index (κ2) is 5.38. The fraction of sp³-hybridized carbons (Fsp3) is 0.0769. The van der Waals surface area contributed by atoms with Crippen molar-refractivity contribution in [3.8, 4) is 5.75 Å². The van der Waals surface area contributed by atoms with Gasteiger partial charge < -0.3 is 4.74 Å². The van der Waals surface area contributed by atoms with E-state index in [1.807, 2.05) is 0 Å². The van der Waals surface area contributed by atoms with Gasteiger partial charge in [-0.1, -0.05) is 23.2 Å². The van der Waals surface area contributed by atoms with Crippen LogP contribution in [0.15, 0.2) is 36.5 Å². The molecule has 0 spiro atoms. The molecule has 0 aliphatic heterocycles. The van der Waals surface area contributed by atoms with Crippen LogP contribution < -0.4 is 4.74 Å². The van der Waals surface area contributed by atoms with E-state index in [0.29, 0.717) is 27.1 Å². The van der Waals surface area contributed by atoms with E-state index >= 15 is 0 Å². The molecule has 0 saturated carbocycles. The van der Waals surface area contributed by atoms with Gasteiger partial charge in [-0.05, 0) is 30.3 Å². The smallest absolute Gasteiger partial charge is 0.198 e. The SMILES string of the molecule is COc1ccc(Cl)cc1C(=O)c1ccc(Cl)nc1. The first-order valence-electron chi connectivity index (χ1n) is 5.11. The van der Waals surface area contributed by atoms with Crippen molar-refractivity contribution in [1.29, 1.82) is 0 Å². The average Bonchev–Trinajstić information content (AvgIpc) is 2.39. The van der Waals surface area contributed by atoms with E-state index in [1.165, 1.54) is 13.3 Å². The van der Waals surface area contributed by atoms with E-state index < -0.39 is 0 Å². The highest BCUT2D eigenvalue weighted by Gasteiger charge is 2.15. The molecule has 1 aromatic heterocycles. The summed E-state index contributed by atoms with van der Waals surface area (Å²) in [5.74, 6) is 0.262. The third-order valence-electron chi connectivity index (χ3n) is 2.40. The number of methoxy groups -OCH3 is 1. The fourth-order valence-corrected chi connectivity index (χ4v) is 1.81. The standard InChI is InChI=1S/C13H9Cl2NO2/c1-18-11-4-3-9(14)6-10(11)13(17)8-2-5-12(15)16-7-8/h2-7H,1H3. The number of carbonyl (C=O) groups excluding carboxylic acids is 1. The molecule has 1 heterocycles. The molecule has 2 aromatic rings. The maximum atomic E-state index is 12.3. The molecular weight excluding hydrogens is 273 g/mol. The van der Waals surface area contributed by atoms with Crippen LogP contribution in [0.2, 0.25) is 10.2 Å². The van der Waals surface area contributed by atoms with Gasteiger partial charge in [0.2, 0.25) is 0 Å². The Morgan fingerprint density at radius 3 is 2.61 bits per heavy atom. The van der Waals surface area contributed by atoms with E-state index in [0.717, 1.165) is 0 Å². The third kappa shape index (κ3) is 2.63. The minimum atomic E-state index is -0.210. The molecule has 0 N–H and O–H groups in total. The summed E-state index contributed by atoms with van der Waals surface area (Å²) < 4.78 is 5.14. The molecule has 18 heavy (non-hydrogen) atoms.